The van der Waals surface area contributed by atoms with Crippen LogP contribution in [0, 0.1) is 0 Å². The summed E-state index contributed by atoms with van der Waals surface area (Å²) in [5.74, 6) is 0. The third-order valence-electron chi connectivity index (χ3n) is 2.41. The average Bonchev–Trinajstić information content (AvgIpc) is 2.77. The van der Waals surface area contributed by atoms with E-state index in [4.69, 9.17) is 22.4 Å². The summed E-state index contributed by atoms with van der Waals surface area (Å²) in [4.78, 5) is 4.05. The molecule has 1 atom stereocenters. The fourth-order valence-corrected chi connectivity index (χ4v) is 2.42. The van der Waals surface area contributed by atoms with Gasteiger partial charge in [0.15, 0.2) is 0 Å². The van der Waals surface area contributed by atoms with Crippen molar-refractivity contribution in [1.29, 1.82) is 0 Å². The molecule has 0 aliphatic rings. The van der Waals surface area contributed by atoms with E-state index in [1.807, 2.05) is 10.6 Å². The van der Waals surface area contributed by atoms with Crippen LogP contribution in [-0.2, 0) is 0 Å². The van der Waals surface area contributed by atoms with Crippen molar-refractivity contribution in [2.24, 2.45) is 5.73 Å². The van der Waals surface area contributed by atoms with Crippen molar-refractivity contribution >= 4 is 27.5 Å². The third-order valence-corrected chi connectivity index (χ3v) is 3.28. The number of hydrogen-bond donors (Lipinski definition) is 2. The highest BCUT2D eigenvalue weighted by atomic mass is 79.9. The molecule has 3 N–H and O–H groups in total. The monoisotopic (exact) mass is 315 g/mol. The Labute approximate surface area is 112 Å². The van der Waals surface area contributed by atoms with Crippen molar-refractivity contribution in [3.63, 3.8) is 0 Å². The Bertz CT molecular complexity index is 529. The number of benzene rings is 1. The van der Waals surface area contributed by atoms with Gasteiger partial charge in [-0.2, -0.15) is 0 Å². The summed E-state index contributed by atoms with van der Waals surface area (Å²) in [6.07, 6.45) is 3.29. The molecule has 0 saturated carbocycles. The van der Waals surface area contributed by atoms with Gasteiger partial charge in [0.25, 0.3) is 0 Å². The van der Waals surface area contributed by atoms with E-state index in [0.717, 1.165) is 15.9 Å². The van der Waals surface area contributed by atoms with Gasteiger partial charge in [-0.05, 0) is 34.1 Å². The second-order valence-electron chi connectivity index (χ2n) is 3.57. The number of aliphatic hydroxyl groups excluding tert-OH is 1. The van der Waals surface area contributed by atoms with Crippen molar-refractivity contribution in [2.75, 3.05) is 6.61 Å². The molecule has 1 aromatic carbocycles. The van der Waals surface area contributed by atoms with Gasteiger partial charge in [-0.25, -0.2) is 4.98 Å². The van der Waals surface area contributed by atoms with Crippen LogP contribution < -0.4 is 5.73 Å². The Hall–Kier alpha value is -0.880. The van der Waals surface area contributed by atoms with Gasteiger partial charge in [-0.3, -0.25) is 0 Å². The van der Waals surface area contributed by atoms with E-state index in [1.165, 1.54) is 0 Å². The number of rotatable bonds is 3. The summed E-state index contributed by atoms with van der Waals surface area (Å²) < 4.78 is 2.66. The standard InChI is InChI=1S/C11H11BrClN3O/c12-8-3-7(13)1-2-10(8)16-6-15-4-11(16)9(14)5-17/h1-4,6,9,17H,5,14H2. The van der Waals surface area contributed by atoms with E-state index in [2.05, 4.69) is 20.9 Å². The molecule has 0 fully saturated rings. The summed E-state index contributed by atoms with van der Waals surface area (Å²) >= 11 is 9.33. The topological polar surface area (TPSA) is 64.1 Å². The molecule has 6 heteroatoms. The lowest BCUT2D eigenvalue weighted by molar-refractivity contribution is 0.265. The van der Waals surface area contributed by atoms with Crippen LogP contribution in [0.2, 0.25) is 5.02 Å². The highest BCUT2D eigenvalue weighted by Gasteiger charge is 2.13. The van der Waals surface area contributed by atoms with Gasteiger partial charge >= 0.3 is 0 Å². The molecule has 0 bridgehead atoms. The van der Waals surface area contributed by atoms with Crippen molar-refractivity contribution in [1.82, 2.24) is 9.55 Å². The number of aromatic nitrogens is 2. The first-order chi connectivity index (χ1) is 8.13. The first-order valence-electron chi connectivity index (χ1n) is 4.97. The van der Waals surface area contributed by atoms with Crippen LogP contribution in [-0.4, -0.2) is 21.3 Å². The molecule has 1 heterocycles. The van der Waals surface area contributed by atoms with Crippen LogP contribution in [0.5, 0.6) is 0 Å². The molecular formula is C11H11BrClN3O. The van der Waals surface area contributed by atoms with Crippen LogP contribution in [0.4, 0.5) is 0 Å². The van der Waals surface area contributed by atoms with Gasteiger partial charge in [0, 0.05) is 9.50 Å². The average molecular weight is 317 g/mol. The molecule has 4 nitrogen and oxygen atoms in total. The van der Waals surface area contributed by atoms with Crippen LogP contribution in [0.3, 0.4) is 0 Å². The second kappa shape index (κ2) is 5.18. The minimum absolute atomic E-state index is 0.128. The Morgan fingerprint density at radius 3 is 2.94 bits per heavy atom. The summed E-state index contributed by atoms with van der Waals surface area (Å²) in [5.41, 5.74) is 7.43. The van der Waals surface area contributed by atoms with Crippen LogP contribution in [0.15, 0.2) is 35.2 Å². The predicted molar refractivity (Wildman–Crippen MR) is 70.3 cm³/mol. The number of nitrogens with two attached hydrogens (primary N) is 1. The Balaban J connectivity index is 2.50. The Kier molecular flexibility index (Phi) is 3.83. The predicted octanol–water partition coefficient (Wildman–Crippen LogP) is 2.28. The molecule has 17 heavy (non-hydrogen) atoms. The maximum absolute atomic E-state index is 9.09. The van der Waals surface area contributed by atoms with Gasteiger partial charge in [0.1, 0.15) is 0 Å². The molecule has 1 aromatic heterocycles. The number of aliphatic hydroxyl groups is 1. The van der Waals surface area contributed by atoms with E-state index in [1.54, 1.807) is 24.7 Å². The van der Waals surface area contributed by atoms with E-state index in [9.17, 15) is 0 Å². The number of halogens is 2. The smallest absolute Gasteiger partial charge is 0.0995 e. The third kappa shape index (κ3) is 2.52. The summed E-state index contributed by atoms with van der Waals surface area (Å²) in [6, 6.07) is 4.99. The van der Waals surface area contributed by atoms with Gasteiger partial charge < -0.3 is 15.4 Å². The van der Waals surface area contributed by atoms with Gasteiger partial charge in [0.05, 0.1) is 36.6 Å². The molecule has 2 rings (SSSR count). The highest BCUT2D eigenvalue weighted by molar-refractivity contribution is 9.10. The number of hydrogen-bond acceptors (Lipinski definition) is 3. The minimum Gasteiger partial charge on any atom is -0.394 e. The van der Waals surface area contributed by atoms with Crippen molar-refractivity contribution in [2.45, 2.75) is 6.04 Å². The summed E-state index contributed by atoms with van der Waals surface area (Å²) in [7, 11) is 0. The summed E-state index contributed by atoms with van der Waals surface area (Å²) in [5, 5.41) is 9.74. The molecular weight excluding hydrogens is 305 g/mol. The molecule has 2 aromatic rings. The minimum atomic E-state index is -0.458. The molecule has 0 amide bonds. The maximum atomic E-state index is 9.09. The van der Waals surface area contributed by atoms with Gasteiger partial charge in [-0.15, -0.1) is 0 Å². The normalized spacial score (nSPS) is 12.7. The largest absolute Gasteiger partial charge is 0.394 e. The molecule has 0 aliphatic carbocycles. The molecule has 90 valence electrons. The van der Waals surface area contributed by atoms with Crippen LogP contribution in [0.1, 0.15) is 11.7 Å². The van der Waals surface area contributed by atoms with Crippen molar-refractivity contribution < 1.29 is 5.11 Å². The van der Waals surface area contributed by atoms with Crippen LogP contribution in [0.25, 0.3) is 5.69 Å². The zero-order valence-corrected chi connectivity index (χ0v) is 11.2. The lowest BCUT2D eigenvalue weighted by Gasteiger charge is -2.13. The first kappa shape index (κ1) is 12.6. The first-order valence-corrected chi connectivity index (χ1v) is 6.14. The SMILES string of the molecule is NC(CO)c1cncn1-c1ccc(Cl)cc1Br. The molecule has 0 aliphatic heterocycles. The van der Waals surface area contributed by atoms with Gasteiger partial charge in [0.2, 0.25) is 0 Å². The lowest BCUT2D eigenvalue weighted by atomic mass is 10.2. The molecule has 0 spiro atoms. The number of imidazole rings is 1. The molecule has 0 saturated heterocycles. The fraction of sp³-hybridized carbons (Fsp3) is 0.182. The Morgan fingerprint density at radius 2 is 2.29 bits per heavy atom. The molecule has 0 radical (unpaired) electrons. The molecule has 1 unspecified atom stereocenters. The number of nitrogens with zero attached hydrogens (tertiary/aromatic N) is 2. The zero-order chi connectivity index (χ0) is 12.4. The highest BCUT2D eigenvalue weighted by Crippen LogP contribution is 2.26. The van der Waals surface area contributed by atoms with Crippen molar-refractivity contribution in [3.05, 3.63) is 45.9 Å². The quantitative estimate of drug-likeness (QED) is 0.913. The zero-order valence-electron chi connectivity index (χ0n) is 8.85. The fourth-order valence-electron chi connectivity index (χ4n) is 1.55. The van der Waals surface area contributed by atoms with Crippen LogP contribution >= 0.6 is 27.5 Å². The van der Waals surface area contributed by atoms with E-state index in [0.29, 0.717) is 5.02 Å². The van der Waals surface area contributed by atoms with Gasteiger partial charge in [-0.1, -0.05) is 11.6 Å². The lowest BCUT2D eigenvalue weighted by Crippen LogP contribution is -2.18. The Morgan fingerprint density at radius 1 is 1.53 bits per heavy atom. The van der Waals surface area contributed by atoms with E-state index in [-0.39, 0.29) is 6.61 Å². The summed E-state index contributed by atoms with van der Waals surface area (Å²) in [6.45, 7) is -0.128. The maximum Gasteiger partial charge on any atom is 0.0995 e. The van der Waals surface area contributed by atoms with Crippen molar-refractivity contribution in [3.8, 4) is 5.69 Å². The van der Waals surface area contributed by atoms with E-state index >= 15 is 0 Å². The van der Waals surface area contributed by atoms with E-state index < -0.39 is 6.04 Å². The second-order valence-corrected chi connectivity index (χ2v) is 4.86.